The van der Waals surface area contributed by atoms with Gasteiger partial charge in [-0.15, -0.1) is 12.4 Å². The van der Waals surface area contributed by atoms with Crippen molar-refractivity contribution in [3.8, 4) is 0 Å². The molecular weight excluding hydrogens is 383 g/mol. The van der Waals surface area contributed by atoms with Gasteiger partial charge in [-0.1, -0.05) is 0 Å². The molecule has 2 aliphatic rings. The van der Waals surface area contributed by atoms with E-state index in [0.717, 1.165) is 12.8 Å². The summed E-state index contributed by atoms with van der Waals surface area (Å²) in [6, 6.07) is -0.718. The van der Waals surface area contributed by atoms with Crippen molar-refractivity contribution in [1.82, 2.24) is 14.5 Å². The zero-order valence-corrected chi connectivity index (χ0v) is 15.7. The molecule has 1 N–H and O–H groups in total. The molecule has 2 rings (SSSR count). The molecule has 0 aromatic rings. The smallest absolute Gasteiger partial charge is 0.341 e. The van der Waals surface area contributed by atoms with E-state index in [0.29, 0.717) is 10.2 Å². The number of carbonyl (C=O) groups excluding carboxylic acids is 1. The lowest BCUT2D eigenvalue weighted by atomic mass is 10.0. The molecule has 0 bridgehead atoms. The van der Waals surface area contributed by atoms with Gasteiger partial charge in [0, 0.05) is 19.1 Å². The Kier molecular flexibility index (Phi) is 7.97. The average molecular weight is 408 g/mol. The van der Waals surface area contributed by atoms with E-state index in [-0.39, 0.29) is 50.8 Å². The summed E-state index contributed by atoms with van der Waals surface area (Å²) in [4.78, 5) is 13.6. The Morgan fingerprint density at radius 3 is 2.20 bits per heavy atom. The molecule has 2 fully saturated rings. The fraction of sp³-hybridized carbons (Fsp3) is 0.929. The molecule has 0 unspecified atom stereocenters. The Bertz CT molecular complexity index is 547. The van der Waals surface area contributed by atoms with Crippen molar-refractivity contribution in [3.05, 3.63) is 0 Å². The molecule has 0 spiro atoms. The maximum atomic E-state index is 12.6. The third-order valence-corrected chi connectivity index (χ3v) is 5.67. The van der Waals surface area contributed by atoms with Crippen LogP contribution in [-0.2, 0) is 14.8 Å². The minimum absolute atomic E-state index is 0. The molecule has 11 heteroatoms. The summed E-state index contributed by atoms with van der Waals surface area (Å²) < 4.78 is 61.7. The van der Waals surface area contributed by atoms with Crippen LogP contribution in [0.5, 0.6) is 0 Å². The standard InChI is InChI=1S/C14H24F3N3O3S.ClH/c1-24(22,23)20(10-14(15,16)17)12-4-6-19(7-5-12)13(21)9-18-8-11-2-3-11;/h11-12,18H,2-10H2,1H3;1H. The number of rotatable bonds is 7. The second kappa shape index (κ2) is 8.88. The molecular formula is C14H25ClF3N3O3S. The highest BCUT2D eigenvalue weighted by atomic mass is 35.5. The predicted molar refractivity (Wildman–Crippen MR) is 90.0 cm³/mol. The van der Waals surface area contributed by atoms with Crippen LogP contribution in [0.3, 0.4) is 0 Å². The predicted octanol–water partition coefficient (Wildman–Crippen LogP) is 1.22. The minimum Gasteiger partial charge on any atom is -0.341 e. The van der Waals surface area contributed by atoms with Gasteiger partial charge < -0.3 is 10.2 Å². The maximum Gasteiger partial charge on any atom is 0.402 e. The molecule has 148 valence electrons. The van der Waals surface area contributed by atoms with Gasteiger partial charge in [0.15, 0.2) is 0 Å². The first-order valence-corrected chi connectivity index (χ1v) is 9.93. The summed E-state index contributed by atoms with van der Waals surface area (Å²) in [7, 11) is -3.95. The summed E-state index contributed by atoms with van der Waals surface area (Å²) in [6.07, 6.45) is -0.976. The van der Waals surface area contributed by atoms with Crippen molar-refractivity contribution in [2.24, 2.45) is 5.92 Å². The van der Waals surface area contributed by atoms with Gasteiger partial charge in [0.1, 0.15) is 6.54 Å². The number of likely N-dealkylation sites (tertiary alicyclic amines) is 1. The molecule has 1 aliphatic carbocycles. The summed E-state index contributed by atoms with van der Waals surface area (Å²) in [5.74, 6) is 0.574. The zero-order valence-electron chi connectivity index (χ0n) is 14.1. The van der Waals surface area contributed by atoms with E-state index in [1.54, 1.807) is 4.90 Å². The van der Waals surface area contributed by atoms with Crippen molar-refractivity contribution in [1.29, 1.82) is 0 Å². The minimum atomic E-state index is -4.58. The molecule has 6 nitrogen and oxygen atoms in total. The normalized spacial score (nSPS) is 19.8. The Hall–Kier alpha value is -0.580. The van der Waals surface area contributed by atoms with E-state index in [9.17, 15) is 26.4 Å². The van der Waals surface area contributed by atoms with Crippen LogP contribution in [0.4, 0.5) is 13.2 Å². The Balaban J connectivity index is 0.00000312. The van der Waals surface area contributed by atoms with Crippen molar-refractivity contribution in [2.75, 3.05) is 39.0 Å². The first-order chi connectivity index (χ1) is 11.1. The lowest BCUT2D eigenvalue weighted by Crippen LogP contribution is -2.52. The number of halogens is 4. The van der Waals surface area contributed by atoms with Crippen LogP contribution in [0.25, 0.3) is 0 Å². The monoisotopic (exact) mass is 407 g/mol. The van der Waals surface area contributed by atoms with Gasteiger partial charge in [-0.25, -0.2) is 8.42 Å². The van der Waals surface area contributed by atoms with Crippen LogP contribution in [0.1, 0.15) is 25.7 Å². The van der Waals surface area contributed by atoms with Crippen molar-refractivity contribution < 1.29 is 26.4 Å². The second-order valence-electron chi connectivity index (χ2n) is 6.61. The lowest BCUT2D eigenvalue weighted by Gasteiger charge is -2.37. The van der Waals surface area contributed by atoms with Gasteiger partial charge in [-0.3, -0.25) is 4.79 Å². The highest BCUT2D eigenvalue weighted by Crippen LogP contribution is 2.27. The van der Waals surface area contributed by atoms with Crippen LogP contribution in [0.15, 0.2) is 0 Å². The molecule has 0 aromatic carbocycles. The third-order valence-electron chi connectivity index (χ3n) is 4.39. The van der Waals surface area contributed by atoms with E-state index in [4.69, 9.17) is 0 Å². The van der Waals surface area contributed by atoms with Crippen LogP contribution in [0.2, 0.25) is 0 Å². The fourth-order valence-corrected chi connectivity index (χ4v) is 4.05. The zero-order chi connectivity index (χ0) is 18.0. The summed E-state index contributed by atoms with van der Waals surface area (Å²) in [5.41, 5.74) is 0. The number of nitrogens with zero attached hydrogens (tertiary/aromatic N) is 2. The van der Waals surface area contributed by atoms with E-state index < -0.39 is 28.8 Å². The molecule has 1 saturated heterocycles. The van der Waals surface area contributed by atoms with Gasteiger partial charge in [-0.2, -0.15) is 17.5 Å². The number of amides is 1. The van der Waals surface area contributed by atoms with Gasteiger partial charge in [0.25, 0.3) is 0 Å². The van der Waals surface area contributed by atoms with Crippen molar-refractivity contribution in [3.63, 3.8) is 0 Å². The topological polar surface area (TPSA) is 69.7 Å². The molecule has 25 heavy (non-hydrogen) atoms. The first kappa shape index (κ1) is 22.5. The van der Waals surface area contributed by atoms with E-state index in [1.165, 1.54) is 12.8 Å². The quantitative estimate of drug-likeness (QED) is 0.689. The summed E-state index contributed by atoms with van der Waals surface area (Å²) in [6.45, 7) is 0.111. The Morgan fingerprint density at radius 2 is 1.76 bits per heavy atom. The van der Waals surface area contributed by atoms with Gasteiger partial charge >= 0.3 is 6.18 Å². The molecule has 1 heterocycles. The Morgan fingerprint density at radius 1 is 1.20 bits per heavy atom. The van der Waals surface area contributed by atoms with Crippen molar-refractivity contribution in [2.45, 2.75) is 37.9 Å². The van der Waals surface area contributed by atoms with Crippen LogP contribution in [0, 0.1) is 5.92 Å². The largest absolute Gasteiger partial charge is 0.402 e. The summed E-state index contributed by atoms with van der Waals surface area (Å²) >= 11 is 0. The molecule has 1 aliphatic heterocycles. The van der Waals surface area contributed by atoms with Gasteiger partial charge in [-0.05, 0) is 38.1 Å². The maximum absolute atomic E-state index is 12.6. The fourth-order valence-electron chi connectivity index (χ4n) is 2.91. The van der Waals surface area contributed by atoms with Crippen molar-refractivity contribution >= 4 is 28.3 Å². The van der Waals surface area contributed by atoms with Crippen LogP contribution >= 0.6 is 12.4 Å². The molecule has 0 radical (unpaired) electrons. The summed E-state index contributed by atoms with van der Waals surface area (Å²) in [5, 5.41) is 3.09. The molecule has 0 aromatic heterocycles. The van der Waals surface area contributed by atoms with Crippen LogP contribution in [-0.4, -0.2) is 74.7 Å². The van der Waals surface area contributed by atoms with E-state index in [2.05, 4.69) is 5.32 Å². The average Bonchev–Trinajstić information content (AvgIpc) is 3.27. The highest BCUT2D eigenvalue weighted by Gasteiger charge is 2.39. The number of hydrogen-bond donors (Lipinski definition) is 1. The second-order valence-corrected chi connectivity index (χ2v) is 8.54. The number of hydrogen-bond acceptors (Lipinski definition) is 4. The number of nitrogens with one attached hydrogen (secondary N) is 1. The number of alkyl halides is 3. The lowest BCUT2D eigenvalue weighted by molar-refractivity contribution is -0.142. The first-order valence-electron chi connectivity index (χ1n) is 8.08. The number of piperidine rings is 1. The van der Waals surface area contributed by atoms with E-state index in [1.807, 2.05) is 0 Å². The number of carbonyl (C=O) groups is 1. The Labute approximate surface area is 152 Å². The third kappa shape index (κ3) is 7.67. The van der Waals surface area contributed by atoms with Crippen LogP contribution < -0.4 is 5.32 Å². The molecule has 0 atom stereocenters. The van der Waals surface area contributed by atoms with Gasteiger partial charge in [0.2, 0.25) is 15.9 Å². The number of sulfonamides is 1. The molecule has 1 saturated carbocycles. The highest BCUT2D eigenvalue weighted by molar-refractivity contribution is 7.88. The SMILES string of the molecule is CS(=O)(=O)N(CC(F)(F)F)C1CCN(C(=O)CNCC2CC2)CC1.Cl. The molecule has 1 amide bonds. The van der Waals surface area contributed by atoms with E-state index >= 15 is 0 Å². The van der Waals surface area contributed by atoms with Gasteiger partial charge in [0.05, 0.1) is 12.8 Å².